The van der Waals surface area contributed by atoms with Gasteiger partial charge >= 0.3 is 5.97 Å². The molecule has 0 aromatic heterocycles. The number of hydrogen-bond acceptors (Lipinski definition) is 8. The second-order valence-corrected chi connectivity index (χ2v) is 5.87. The minimum absolute atomic E-state index is 0.102. The summed E-state index contributed by atoms with van der Waals surface area (Å²) in [7, 11) is 1.57. The predicted octanol–water partition coefficient (Wildman–Crippen LogP) is -0.993. The first-order valence-electron chi connectivity index (χ1n) is 7.37. The van der Waals surface area contributed by atoms with Crippen LogP contribution in [0.5, 0.6) is 11.5 Å². The van der Waals surface area contributed by atoms with Gasteiger partial charge in [-0.3, -0.25) is 0 Å². The predicted molar refractivity (Wildman–Crippen MR) is 73.9 cm³/mol. The zero-order chi connectivity index (χ0) is 16.2. The summed E-state index contributed by atoms with van der Waals surface area (Å²) in [5.41, 5.74) is 0. The van der Waals surface area contributed by atoms with Crippen LogP contribution in [0.1, 0.15) is 0 Å². The van der Waals surface area contributed by atoms with Crippen molar-refractivity contribution >= 4 is 0 Å². The maximum absolute atomic E-state index is 10.0. The molecule has 0 spiro atoms. The van der Waals surface area contributed by atoms with E-state index in [-0.39, 0.29) is 6.61 Å². The van der Waals surface area contributed by atoms with Gasteiger partial charge in [0.2, 0.25) is 0 Å². The smallest absolute Gasteiger partial charge is 0.320 e. The molecule has 3 aliphatic heterocycles. The fourth-order valence-corrected chi connectivity index (χ4v) is 3.24. The molecule has 4 aliphatic rings. The molecule has 8 heteroatoms. The topological polar surface area (TPSA) is 107 Å². The molecular weight excluding hydrogens is 308 g/mol. The lowest BCUT2D eigenvalue weighted by atomic mass is 9.82. The molecule has 23 heavy (non-hydrogen) atoms. The second kappa shape index (κ2) is 5.30. The van der Waals surface area contributed by atoms with Crippen molar-refractivity contribution in [2.75, 3.05) is 13.7 Å². The molecule has 4 bridgehead atoms. The molecule has 3 saturated heterocycles. The number of rotatable bonds is 4. The van der Waals surface area contributed by atoms with E-state index < -0.39 is 42.6 Å². The van der Waals surface area contributed by atoms with Gasteiger partial charge in [-0.15, -0.1) is 0 Å². The largest absolute Gasteiger partial charge is 0.497 e. The van der Waals surface area contributed by atoms with Crippen LogP contribution in [0, 0.1) is 0 Å². The van der Waals surface area contributed by atoms with Crippen LogP contribution in [0.3, 0.4) is 0 Å². The fourth-order valence-electron chi connectivity index (χ4n) is 3.24. The van der Waals surface area contributed by atoms with Gasteiger partial charge in [-0.05, 0) is 24.3 Å². The highest BCUT2D eigenvalue weighted by molar-refractivity contribution is 5.31. The van der Waals surface area contributed by atoms with Crippen molar-refractivity contribution in [3.8, 4) is 11.5 Å². The number of aliphatic hydroxyl groups is 3. The summed E-state index contributed by atoms with van der Waals surface area (Å²) in [6.07, 6.45) is -5.99. The van der Waals surface area contributed by atoms with E-state index in [9.17, 15) is 15.3 Å². The molecule has 126 valence electrons. The first-order chi connectivity index (χ1) is 11.0. The van der Waals surface area contributed by atoms with E-state index in [0.717, 1.165) is 0 Å². The summed E-state index contributed by atoms with van der Waals surface area (Å²) in [5.74, 6) is -0.290. The van der Waals surface area contributed by atoms with E-state index in [1.807, 2.05) is 0 Å². The van der Waals surface area contributed by atoms with E-state index in [2.05, 4.69) is 0 Å². The van der Waals surface area contributed by atoms with Crippen molar-refractivity contribution in [2.45, 2.75) is 42.6 Å². The van der Waals surface area contributed by atoms with Crippen LogP contribution >= 0.6 is 0 Å². The molecule has 1 saturated carbocycles. The maximum atomic E-state index is 10.0. The standard InChI is InChI=1S/C15H18O8/c1-19-7-2-4-8(5-3-7)20-6-15-21-12-9(16)13(22-15)11(18)14(23-15)10(12)17/h2-5,9-14,16-18H,6H2,1H3. The Labute approximate surface area is 132 Å². The Balaban J connectivity index is 1.49. The summed E-state index contributed by atoms with van der Waals surface area (Å²) in [6, 6.07) is 6.93. The Hall–Kier alpha value is -1.42. The van der Waals surface area contributed by atoms with Crippen LogP contribution in [0.25, 0.3) is 0 Å². The Morgan fingerprint density at radius 2 is 1.30 bits per heavy atom. The van der Waals surface area contributed by atoms with Gasteiger partial charge < -0.3 is 39.0 Å². The third-order valence-electron chi connectivity index (χ3n) is 4.44. The van der Waals surface area contributed by atoms with Crippen molar-refractivity contribution in [3.63, 3.8) is 0 Å². The van der Waals surface area contributed by atoms with Gasteiger partial charge in [-0.1, -0.05) is 0 Å². The average Bonchev–Trinajstić information content (AvgIpc) is 2.58. The Bertz CT molecular complexity index is 523. The normalized spacial score (nSPS) is 44.3. The van der Waals surface area contributed by atoms with Crippen LogP contribution in [0.15, 0.2) is 24.3 Å². The second-order valence-electron chi connectivity index (χ2n) is 5.87. The van der Waals surface area contributed by atoms with Gasteiger partial charge in [0.1, 0.15) is 48.1 Å². The van der Waals surface area contributed by atoms with E-state index in [1.165, 1.54) is 0 Å². The van der Waals surface area contributed by atoms with Crippen LogP contribution in [0.2, 0.25) is 0 Å². The highest BCUT2D eigenvalue weighted by atomic mass is 16.9. The lowest BCUT2D eigenvalue weighted by Gasteiger charge is -2.60. The molecular formula is C15H18O8. The molecule has 0 radical (unpaired) electrons. The van der Waals surface area contributed by atoms with Crippen LogP contribution in [-0.4, -0.2) is 71.6 Å². The molecule has 3 N–H and O–H groups in total. The molecule has 0 amide bonds. The molecule has 1 aromatic rings. The van der Waals surface area contributed by atoms with Gasteiger partial charge in [0, 0.05) is 0 Å². The fraction of sp³-hybridized carbons (Fsp3) is 0.600. The monoisotopic (exact) mass is 326 g/mol. The van der Waals surface area contributed by atoms with E-state index in [1.54, 1.807) is 31.4 Å². The summed E-state index contributed by atoms with van der Waals surface area (Å²) in [4.78, 5) is 0. The molecule has 8 nitrogen and oxygen atoms in total. The third kappa shape index (κ3) is 2.30. The number of methoxy groups -OCH3 is 1. The first kappa shape index (κ1) is 15.1. The van der Waals surface area contributed by atoms with Crippen molar-refractivity contribution in [3.05, 3.63) is 24.3 Å². The Morgan fingerprint density at radius 3 is 1.74 bits per heavy atom. The quantitative estimate of drug-likeness (QED) is 0.647. The van der Waals surface area contributed by atoms with Gasteiger partial charge in [-0.25, -0.2) is 0 Å². The van der Waals surface area contributed by atoms with E-state index in [0.29, 0.717) is 11.5 Å². The highest BCUT2D eigenvalue weighted by Gasteiger charge is 2.67. The molecule has 0 atom stereocenters. The SMILES string of the molecule is COc1ccc(OCC23OC4C(O)C(O2)C(O)C(O3)C4O)cc1. The minimum atomic E-state index is -1.54. The van der Waals surface area contributed by atoms with Gasteiger partial charge in [-0.2, -0.15) is 0 Å². The zero-order valence-corrected chi connectivity index (χ0v) is 12.4. The van der Waals surface area contributed by atoms with Crippen LogP contribution in [-0.2, 0) is 14.2 Å². The lowest BCUT2D eigenvalue weighted by molar-refractivity contribution is -0.540. The lowest BCUT2D eigenvalue weighted by Crippen LogP contribution is -2.79. The molecule has 1 aliphatic carbocycles. The van der Waals surface area contributed by atoms with Gasteiger partial charge in [0.05, 0.1) is 7.11 Å². The third-order valence-corrected chi connectivity index (χ3v) is 4.44. The minimum Gasteiger partial charge on any atom is -0.497 e. The summed E-state index contributed by atoms with van der Waals surface area (Å²) in [5, 5.41) is 30.1. The zero-order valence-electron chi connectivity index (χ0n) is 12.4. The Morgan fingerprint density at radius 1 is 0.870 bits per heavy atom. The summed E-state index contributed by atoms with van der Waals surface area (Å²) in [6.45, 7) is -0.102. The average molecular weight is 326 g/mol. The van der Waals surface area contributed by atoms with Crippen molar-refractivity contribution < 1.29 is 39.0 Å². The molecule has 5 rings (SSSR count). The van der Waals surface area contributed by atoms with E-state index >= 15 is 0 Å². The molecule has 3 heterocycles. The van der Waals surface area contributed by atoms with Crippen molar-refractivity contribution in [1.29, 1.82) is 0 Å². The van der Waals surface area contributed by atoms with Gasteiger partial charge in [0.15, 0.2) is 6.61 Å². The number of aliphatic hydroxyl groups excluding tert-OH is 3. The number of hydrogen-bond donors (Lipinski definition) is 3. The van der Waals surface area contributed by atoms with Crippen LogP contribution < -0.4 is 9.47 Å². The highest BCUT2D eigenvalue weighted by Crippen LogP contribution is 2.45. The molecule has 4 fully saturated rings. The summed E-state index contributed by atoms with van der Waals surface area (Å²) < 4.78 is 27.3. The molecule has 0 unspecified atom stereocenters. The maximum Gasteiger partial charge on any atom is 0.320 e. The Kier molecular flexibility index (Phi) is 3.49. The first-order valence-corrected chi connectivity index (χ1v) is 7.37. The summed E-state index contributed by atoms with van der Waals surface area (Å²) >= 11 is 0. The van der Waals surface area contributed by atoms with Crippen molar-refractivity contribution in [1.82, 2.24) is 0 Å². The van der Waals surface area contributed by atoms with Gasteiger partial charge in [0.25, 0.3) is 0 Å². The van der Waals surface area contributed by atoms with Crippen LogP contribution in [0.4, 0.5) is 0 Å². The van der Waals surface area contributed by atoms with Crippen molar-refractivity contribution in [2.24, 2.45) is 0 Å². The van der Waals surface area contributed by atoms with E-state index in [4.69, 9.17) is 23.7 Å². The number of ether oxygens (including phenoxy) is 5. The molecule has 1 aromatic carbocycles. The number of benzene rings is 1.